The number of ether oxygens (including phenoxy) is 1. The molecule has 2 atom stereocenters. The van der Waals surface area contributed by atoms with Crippen LogP contribution >= 0.6 is 0 Å². The minimum absolute atomic E-state index is 0.260. The van der Waals surface area contributed by atoms with Gasteiger partial charge < -0.3 is 15.4 Å². The van der Waals surface area contributed by atoms with Gasteiger partial charge in [-0.2, -0.15) is 0 Å². The number of nitrogens with two attached hydrogens (primary N) is 1. The number of hydrogen-bond acceptors (Lipinski definition) is 3. The number of nitrogens with zero attached hydrogens (tertiary/aromatic N) is 1. The van der Waals surface area contributed by atoms with Gasteiger partial charge in [-0.15, -0.1) is 0 Å². The molecule has 1 saturated heterocycles. The number of rotatable bonds is 4. The maximum absolute atomic E-state index is 13.1. The van der Waals surface area contributed by atoms with Crippen LogP contribution in [0.1, 0.15) is 31.7 Å². The lowest BCUT2D eigenvalue weighted by atomic mass is 9.93. The number of carbonyl (C=O) groups excluding carboxylic acids is 1. The second kappa shape index (κ2) is 5.34. The fourth-order valence-electron chi connectivity index (χ4n) is 3.63. The molecule has 1 aromatic carbocycles. The maximum Gasteiger partial charge on any atom is 0.233 e. The van der Waals surface area contributed by atoms with Gasteiger partial charge >= 0.3 is 0 Å². The van der Waals surface area contributed by atoms with Crippen LogP contribution in [0.15, 0.2) is 24.3 Å². The smallest absolute Gasteiger partial charge is 0.233 e. The number of para-hydroxylation sites is 1. The zero-order valence-corrected chi connectivity index (χ0v) is 12.8. The van der Waals surface area contributed by atoms with Crippen LogP contribution < -0.4 is 10.5 Å². The zero-order valence-electron chi connectivity index (χ0n) is 12.8. The molecule has 0 spiro atoms. The van der Waals surface area contributed by atoms with Crippen LogP contribution in [0.3, 0.4) is 0 Å². The van der Waals surface area contributed by atoms with E-state index in [0.29, 0.717) is 18.5 Å². The predicted molar refractivity (Wildman–Crippen MR) is 82.2 cm³/mol. The molecule has 2 N–H and O–H groups in total. The molecule has 0 radical (unpaired) electrons. The van der Waals surface area contributed by atoms with E-state index in [1.165, 1.54) is 0 Å². The number of likely N-dealkylation sites (tertiary alicyclic amines) is 1. The average molecular weight is 288 g/mol. The maximum atomic E-state index is 13.1. The van der Waals surface area contributed by atoms with E-state index >= 15 is 0 Å². The van der Waals surface area contributed by atoms with Crippen molar-refractivity contribution in [2.45, 2.75) is 37.6 Å². The summed E-state index contributed by atoms with van der Waals surface area (Å²) < 4.78 is 5.46. The standard InChI is InChI=1S/C17H24N2O2/c1-12-9-13(10-18)11-19(12)16(20)17(7-8-17)14-5-3-4-6-15(14)21-2/h3-6,12-13H,7-11,18H2,1-2H3. The fraction of sp³-hybridized carbons (Fsp3) is 0.588. The lowest BCUT2D eigenvalue weighted by Crippen LogP contribution is -2.41. The summed E-state index contributed by atoms with van der Waals surface area (Å²) in [5.74, 6) is 1.53. The summed E-state index contributed by atoms with van der Waals surface area (Å²) >= 11 is 0. The normalized spacial score (nSPS) is 26.7. The first-order chi connectivity index (χ1) is 10.1. The van der Waals surface area contributed by atoms with E-state index in [1.54, 1.807) is 7.11 Å². The molecule has 0 bridgehead atoms. The van der Waals surface area contributed by atoms with Crippen molar-refractivity contribution >= 4 is 5.91 Å². The van der Waals surface area contributed by atoms with E-state index in [-0.39, 0.29) is 11.3 Å². The van der Waals surface area contributed by atoms with Crippen LogP contribution in [-0.4, -0.2) is 37.0 Å². The molecule has 2 aliphatic rings. The molecule has 114 valence electrons. The summed E-state index contributed by atoms with van der Waals surface area (Å²) in [6, 6.07) is 8.20. The quantitative estimate of drug-likeness (QED) is 0.921. The SMILES string of the molecule is COc1ccccc1C1(C(=O)N2CC(CN)CC2C)CC1. The molecule has 2 unspecified atom stereocenters. The Labute approximate surface area is 126 Å². The van der Waals surface area contributed by atoms with Gasteiger partial charge in [0.25, 0.3) is 0 Å². The molecule has 3 rings (SSSR count). The molecule has 2 fully saturated rings. The van der Waals surface area contributed by atoms with Crippen molar-refractivity contribution in [3.05, 3.63) is 29.8 Å². The molecule has 1 saturated carbocycles. The highest BCUT2D eigenvalue weighted by Gasteiger charge is 2.55. The van der Waals surface area contributed by atoms with Gasteiger partial charge in [0.05, 0.1) is 12.5 Å². The van der Waals surface area contributed by atoms with Crippen molar-refractivity contribution in [3.8, 4) is 5.75 Å². The largest absolute Gasteiger partial charge is 0.496 e. The monoisotopic (exact) mass is 288 g/mol. The van der Waals surface area contributed by atoms with E-state index in [9.17, 15) is 4.79 Å². The van der Waals surface area contributed by atoms with E-state index < -0.39 is 0 Å². The molecule has 4 nitrogen and oxygen atoms in total. The average Bonchev–Trinajstić information content (AvgIpc) is 3.24. The van der Waals surface area contributed by atoms with Gasteiger partial charge in [-0.1, -0.05) is 18.2 Å². The Morgan fingerprint density at radius 2 is 2.14 bits per heavy atom. The molecule has 1 heterocycles. The van der Waals surface area contributed by atoms with E-state index in [2.05, 4.69) is 6.92 Å². The van der Waals surface area contributed by atoms with E-state index in [4.69, 9.17) is 10.5 Å². The molecule has 1 aliphatic carbocycles. The molecular weight excluding hydrogens is 264 g/mol. The highest BCUT2D eigenvalue weighted by Crippen LogP contribution is 2.53. The highest BCUT2D eigenvalue weighted by molar-refractivity contribution is 5.92. The summed E-state index contributed by atoms with van der Waals surface area (Å²) in [5.41, 5.74) is 6.47. The Balaban J connectivity index is 1.87. The van der Waals surface area contributed by atoms with Gasteiger partial charge in [-0.3, -0.25) is 4.79 Å². The van der Waals surface area contributed by atoms with Crippen molar-refractivity contribution in [2.24, 2.45) is 11.7 Å². The Morgan fingerprint density at radius 3 is 2.71 bits per heavy atom. The van der Waals surface area contributed by atoms with Crippen molar-refractivity contribution in [2.75, 3.05) is 20.2 Å². The Bertz CT molecular complexity index is 539. The van der Waals surface area contributed by atoms with E-state index in [1.807, 2.05) is 29.2 Å². The second-order valence-corrected chi connectivity index (χ2v) is 6.43. The molecule has 4 heteroatoms. The predicted octanol–water partition coefficient (Wildman–Crippen LogP) is 1.92. The summed E-state index contributed by atoms with van der Waals surface area (Å²) in [7, 11) is 1.67. The molecule has 0 aromatic heterocycles. The molecular formula is C17H24N2O2. The minimum Gasteiger partial charge on any atom is -0.496 e. The van der Waals surface area contributed by atoms with Crippen LogP contribution in [0, 0.1) is 5.92 Å². The van der Waals surface area contributed by atoms with Crippen molar-refractivity contribution < 1.29 is 9.53 Å². The summed E-state index contributed by atoms with van der Waals surface area (Å²) in [4.78, 5) is 15.1. The number of carbonyl (C=O) groups is 1. The zero-order chi connectivity index (χ0) is 15.0. The van der Waals surface area contributed by atoms with Gasteiger partial charge in [-0.05, 0) is 44.7 Å². The van der Waals surface area contributed by atoms with Crippen LogP contribution in [0.2, 0.25) is 0 Å². The lowest BCUT2D eigenvalue weighted by Gasteiger charge is -2.28. The number of methoxy groups -OCH3 is 1. The topological polar surface area (TPSA) is 55.6 Å². The van der Waals surface area contributed by atoms with Gasteiger partial charge in [0.2, 0.25) is 5.91 Å². The number of amides is 1. The Morgan fingerprint density at radius 1 is 1.43 bits per heavy atom. The minimum atomic E-state index is -0.357. The van der Waals surface area contributed by atoms with Crippen LogP contribution in [0.4, 0.5) is 0 Å². The third-order valence-electron chi connectivity index (χ3n) is 5.04. The third-order valence-corrected chi connectivity index (χ3v) is 5.04. The van der Waals surface area contributed by atoms with Gasteiger partial charge in [-0.25, -0.2) is 0 Å². The molecule has 1 aliphatic heterocycles. The summed E-state index contributed by atoms with van der Waals surface area (Å²) in [6.07, 6.45) is 2.86. The first kappa shape index (κ1) is 14.4. The van der Waals surface area contributed by atoms with E-state index in [0.717, 1.165) is 37.1 Å². The molecule has 1 amide bonds. The first-order valence-electron chi connectivity index (χ1n) is 7.77. The Hall–Kier alpha value is -1.55. The van der Waals surface area contributed by atoms with Crippen molar-refractivity contribution in [1.82, 2.24) is 4.90 Å². The third kappa shape index (κ3) is 2.31. The summed E-state index contributed by atoms with van der Waals surface area (Å²) in [6.45, 7) is 3.59. The van der Waals surface area contributed by atoms with Crippen LogP contribution in [-0.2, 0) is 10.2 Å². The number of benzene rings is 1. The molecule has 21 heavy (non-hydrogen) atoms. The van der Waals surface area contributed by atoms with Crippen LogP contribution in [0.5, 0.6) is 5.75 Å². The van der Waals surface area contributed by atoms with Gasteiger partial charge in [0, 0.05) is 18.2 Å². The van der Waals surface area contributed by atoms with Gasteiger partial charge in [0.1, 0.15) is 5.75 Å². The lowest BCUT2D eigenvalue weighted by molar-refractivity contribution is -0.134. The van der Waals surface area contributed by atoms with Crippen molar-refractivity contribution in [3.63, 3.8) is 0 Å². The Kier molecular flexibility index (Phi) is 3.66. The van der Waals surface area contributed by atoms with Crippen molar-refractivity contribution in [1.29, 1.82) is 0 Å². The summed E-state index contributed by atoms with van der Waals surface area (Å²) in [5, 5.41) is 0. The fourth-order valence-corrected chi connectivity index (χ4v) is 3.63. The molecule has 1 aromatic rings. The highest BCUT2D eigenvalue weighted by atomic mass is 16.5. The number of hydrogen-bond donors (Lipinski definition) is 1. The first-order valence-corrected chi connectivity index (χ1v) is 7.77. The van der Waals surface area contributed by atoms with Crippen LogP contribution in [0.25, 0.3) is 0 Å². The van der Waals surface area contributed by atoms with Gasteiger partial charge in [0.15, 0.2) is 0 Å². The second-order valence-electron chi connectivity index (χ2n) is 6.43.